The second-order valence-electron chi connectivity index (χ2n) is 3.96. The Kier molecular flexibility index (Phi) is 6.33. The fourth-order valence-electron chi connectivity index (χ4n) is 1.54. The van der Waals surface area contributed by atoms with E-state index in [0.29, 0.717) is 18.9 Å². The number of hydrogen-bond donors (Lipinski definition) is 1. The molecule has 0 amide bonds. The molecular weight excluding hydrogens is 217 g/mol. The highest BCUT2D eigenvalue weighted by Crippen LogP contribution is 2.18. The van der Waals surface area contributed by atoms with Crippen molar-refractivity contribution in [3.8, 4) is 5.75 Å². The second kappa shape index (κ2) is 7.85. The van der Waals surface area contributed by atoms with E-state index in [1.165, 1.54) is 6.07 Å². The number of hydrogen-bond acceptors (Lipinski definition) is 2. The Morgan fingerprint density at radius 1 is 1.29 bits per heavy atom. The lowest BCUT2D eigenvalue weighted by Gasteiger charge is -2.07. The number of allylic oxidation sites excluding steroid dienone is 1. The smallest absolute Gasteiger partial charge is 0.165 e. The summed E-state index contributed by atoms with van der Waals surface area (Å²) in [6.07, 6.45) is 6.06. The van der Waals surface area contributed by atoms with Crippen LogP contribution in [0.25, 0.3) is 0 Å². The van der Waals surface area contributed by atoms with Crippen molar-refractivity contribution in [2.45, 2.75) is 32.2 Å². The van der Waals surface area contributed by atoms with Crippen LogP contribution in [0.4, 0.5) is 4.39 Å². The van der Waals surface area contributed by atoms with Gasteiger partial charge in [0.05, 0.1) is 6.61 Å². The van der Waals surface area contributed by atoms with Gasteiger partial charge in [0.2, 0.25) is 0 Å². The highest BCUT2D eigenvalue weighted by atomic mass is 19.1. The van der Waals surface area contributed by atoms with Gasteiger partial charge in [-0.1, -0.05) is 12.1 Å². The first-order chi connectivity index (χ1) is 8.27. The van der Waals surface area contributed by atoms with E-state index in [1.807, 2.05) is 6.08 Å². The number of nitrogens with two attached hydrogens (primary N) is 1. The Morgan fingerprint density at radius 2 is 2.12 bits per heavy atom. The highest BCUT2D eigenvalue weighted by Gasteiger charge is 2.03. The van der Waals surface area contributed by atoms with Gasteiger partial charge in [-0.3, -0.25) is 0 Å². The molecule has 17 heavy (non-hydrogen) atoms. The SMILES string of the molecule is C=CCCCCCOc1ccc(CN)cc1F. The van der Waals surface area contributed by atoms with Crippen LogP contribution in [-0.2, 0) is 6.54 Å². The van der Waals surface area contributed by atoms with Crippen LogP contribution in [0.2, 0.25) is 0 Å². The number of benzene rings is 1. The lowest BCUT2D eigenvalue weighted by molar-refractivity contribution is 0.291. The molecular formula is C14H20FNO. The standard InChI is InChI=1S/C14H20FNO/c1-2-3-4-5-6-9-17-14-8-7-12(11-16)10-13(14)15/h2,7-8,10H,1,3-6,9,11,16H2. The Bertz CT molecular complexity index is 352. The van der Waals surface area contributed by atoms with Crippen molar-refractivity contribution in [1.29, 1.82) is 0 Å². The van der Waals surface area contributed by atoms with Crippen LogP contribution < -0.4 is 10.5 Å². The van der Waals surface area contributed by atoms with Crippen LogP contribution >= 0.6 is 0 Å². The van der Waals surface area contributed by atoms with E-state index < -0.39 is 0 Å². The maximum absolute atomic E-state index is 13.5. The zero-order chi connectivity index (χ0) is 12.5. The topological polar surface area (TPSA) is 35.2 Å². The second-order valence-corrected chi connectivity index (χ2v) is 3.96. The van der Waals surface area contributed by atoms with E-state index in [-0.39, 0.29) is 5.82 Å². The number of halogens is 1. The summed E-state index contributed by atoms with van der Waals surface area (Å²) in [5.41, 5.74) is 6.20. The van der Waals surface area contributed by atoms with Crippen molar-refractivity contribution < 1.29 is 9.13 Å². The van der Waals surface area contributed by atoms with Gasteiger partial charge in [-0.2, -0.15) is 0 Å². The largest absolute Gasteiger partial charge is 0.491 e. The summed E-state index contributed by atoms with van der Waals surface area (Å²) in [4.78, 5) is 0. The molecule has 0 saturated heterocycles. The molecule has 0 aliphatic carbocycles. The summed E-state index contributed by atoms with van der Waals surface area (Å²) in [6, 6.07) is 4.85. The molecule has 0 bridgehead atoms. The zero-order valence-electron chi connectivity index (χ0n) is 10.1. The van der Waals surface area contributed by atoms with Gasteiger partial charge in [0.15, 0.2) is 11.6 Å². The van der Waals surface area contributed by atoms with Crippen LogP contribution in [0.1, 0.15) is 31.2 Å². The molecule has 1 aromatic rings. The third-order valence-corrected chi connectivity index (χ3v) is 2.54. The van der Waals surface area contributed by atoms with Gasteiger partial charge < -0.3 is 10.5 Å². The summed E-state index contributed by atoms with van der Waals surface area (Å²) in [5.74, 6) is -0.0232. The molecule has 0 spiro atoms. The average Bonchev–Trinajstić information content (AvgIpc) is 2.35. The van der Waals surface area contributed by atoms with Gasteiger partial charge in [-0.25, -0.2) is 4.39 Å². The quantitative estimate of drug-likeness (QED) is 0.555. The third-order valence-electron chi connectivity index (χ3n) is 2.54. The average molecular weight is 237 g/mol. The molecule has 0 fully saturated rings. The first-order valence-corrected chi connectivity index (χ1v) is 6.00. The van der Waals surface area contributed by atoms with Crippen LogP contribution in [0.3, 0.4) is 0 Å². The Hall–Kier alpha value is -1.35. The molecule has 0 radical (unpaired) electrons. The molecule has 2 nitrogen and oxygen atoms in total. The van der Waals surface area contributed by atoms with Crippen LogP contribution in [-0.4, -0.2) is 6.61 Å². The molecule has 94 valence electrons. The molecule has 0 aliphatic heterocycles. The third kappa shape index (κ3) is 5.00. The highest BCUT2D eigenvalue weighted by molar-refractivity contribution is 5.29. The lowest BCUT2D eigenvalue weighted by Crippen LogP contribution is -2.01. The Labute approximate surface area is 102 Å². The van der Waals surface area contributed by atoms with Gasteiger partial charge in [0, 0.05) is 6.54 Å². The summed E-state index contributed by atoms with van der Waals surface area (Å²) < 4.78 is 18.8. The minimum atomic E-state index is -0.334. The summed E-state index contributed by atoms with van der Waals surface area (Å²) in [5, 5.41) is 0. The van der Waals surface area contributed by atoms with Crippen molar-refractivity contribution in [2.24, 2.45) is 5.73 Å². The molecule has 0 heterocycles. The first-order valence-electron chi connectivity index (χ1n) is 6.00. The van der Waals surface area contributed by atoms with E-state index in [1.54, 1.807) is 12.1 Å². The summed E-state index contributed by atoms with van der Waals surface area (Å²) >= 11 is 0. The van der Waals surface area contributed by atoms with Gasteiger partial charge in [0.25, 0.3) is 0 Å². The number of rotatable bonds is 8. The van der Waals surface area contributed by atoms with E-state index in [0.717, 1.165) is 31.2 Å². The maximum atomic E-state index is 13.5. The van der Waals surface area contributed by atoms with E-state index in [9.17, 15) is 4.39 Å². The first kappa shape index (κ1) is 13.7. The minimum Gasteiger partial charge on any atom is -0.491 e. The van der Waals surface area contributed by atoms with Gasteiger partial charge >= 0.3 is 0 Å². The molecule has 0 atom stereocenters. The van der Waals surface area contributed by atoms with Gasteiger partial charge in [-0.05, 0) is 43.4 Å². The van der Waals surface area contributed by atoms with Crippen LogP contribution in [0, 0.1) is 5.82 Å². The van der Waals surface area contributed by atoms with Gasteiger partial charge in [0.1, 0.15) is 0 Å². The predicted molar refractivity (Wildman–Crippen MR) is 68.5 cm³/mol. The summed E-state index contributed by atoms with van der Waals surface area (Å²) in [7, 11) is 0. The predicted octanol–water partition coefficient (Wildman–Crippen LogP) is 3.41. The normalized spacial score (nSPS) is 10.2. The fourth-order valence-corrected chi connectivity index (χ4v) is 1.54. The minimum absolute atomic E-state index is 0.311. The van der Waals surface area contributed by atoms with E-state index >= 15 is 0 Å². The van der Waals surface area contributed by atoms with Crippen molar-refractivity contribution in [3.05, 3.63) is 42.2 Å². The molecule has 3 heteroatoms. The molecule has 2 N–H and O–H groups in total. The fraction of sp³-hybridized carbons (Fsp3) is 0.429. The van der Waals surface area contributed by atoms with E-state index in [2.05, 4.69) is 6.58 Å². The van der Waals surface area contributed by atoms with Crippen LogP contribution in [0.5, 0.6) is 5.75 Å². The van der Waals surface area contributed by atoms with Crippen LogP contribution in [0.15, 0.2) is 30.9 Å². The Morgan fingerprint density at radius 3 is 2.76 bits per heavy atom. The summed E-state index contributed by atoms with van der Waals surface area (Å²) in [6.45, 7) is 4.56. The van der Waals surface area contributed by atoms with Crippen molar-refractivity contribution in [1.82, 2.24) is 0 Å². The molecule has 0 unspecified atom stereocenters. The van der Waals surface area contributed by atoms with Crippen molar-refractivity contribution in [3.63, 3.8) is 0 Å². The monoisotopic (exact) mass is 237 g/mol. The molecule has 0 aromatic heterocycles. The Balaban J connectivity index is 2.29. The van der Waals surface area contributed by atoms with E-state index in [4.69, 9.17) is 10.5 Å². The zero-order valence-corrected chi connectivity index (χ0v) is 10.1. The molecule has 1 aromatic carbocycles. The molecule has 0 aliphatic rings. The number of unbranched alkanes of at least 4 members (excludes halogenated alkanes) is 3. The van der Waals surface area contributed by atoms with Crippen molar-refractivity contribution >= 4 is 0 Å². The lowest BCUT2D eigenvalue weighted by atomic mass is 10.2. The van der Waals surface area contributed by atoms with Gasteiger partial charge in [-0.15, -0.1) is 6.58 Å². The van der Waals surface area contributed by atoms with Crippen molar-refractivity contribution in [2.75, 3.05) is 6.61 Å². The molecule has 1 rings (SSSR count). The maximum Gasteiger partial charge on any atom is 0.165 e. The number of ether oxygens (including phenoxy) is 1. The molecule has 0 saturated carbocycles.